The van der Waals surface area contributed by atoms with E-state index in [0.717, 1.165) is 0 Å². The van der Waals surface area contributed by atoms with Crippen molar-refractivity contribution in [2.24, 2.45) is 0 Å². The third-order valence-corrected chi connectivity index (χ3v) is 3.87. The van der Waals surface area contributed by atoms with Gasteiger partial charge in [0, 0.05) is 11.1 Å². The van der Waals surface area contributed by atoms with Crippen LogP contribution in [0.1, 0.15) is 21.6 Å². The molecule has 0 saturated heterocycles. The number of aromatic amines is 1. The van der Waals surface area contributed by atoms with E-state index in [9.17, 15) is 19.1 Å². The molecule has 27 heavy (non-hydrogen) atoms. The summed E-state index contributed by atoms with van der Waals surface area (Å²) in [6, 6.07) is 11.4. The molecule has 0 radical (unpaired) electrons. The van der Waals surface area contributed by atoms with Crippen molar-refractivity contribution >= 4 is 5.97 Å². The number of carboxylic acids is 1. The molecule has 7 nitrogen and oxygen atoms in total. The lowest BCUT2D eigenvalue weighted by Gasteiger charge is -2.10. The number of carboxylic acid groups (broad SMARTS) is 1. The number of hydrogen-bond acceptors (Lipinski definition) is 5. The number of hydrogen-bond donors (Lipinski definition) is 3. The molecule has 2 aromatic carbocycles. The Balaban J connectivity index is 1.89. The van der Waals surface area contributed by atoms with E-state index in [1.165, 1.54) is 6.07 Å². The predicted molar refractivity (Wildman–Crippen MR) is 94.4 cm³/mol. The van der Waals surface area contributed by atoms with Gasteiger partial charge in [-0.3, -0.25) is 4.79 Å². The summed E-state index contributed by atoms with van der Waals surface area (Å²) in [6.07, 6.45) is 0. The second kappa shape index (κ2) is 7.28. The van der Waals surface area contributed by atoms with E-state index in [1.807, 2.05) is 0 Å². The fourth-order valence-corrected chi connectivity index (χ4v) is 2.47. The van der Waals surface area contributed by atoms with E-state index in [2.05, 4.69) is 9.97 Å². The van der Waals surface area contributed by atoms with Crippen LogP contribution in [0.25, 0.3) is 11.4 Å². The van der Waals surface area contributed by atoms with E-state index >= 15 is 0 Å². The molecular weight excluding hydrogens is 355 g/mol. The second-order valence-corrected chi connectivity index (χ2v) is 5.78. The molecule has 0 bridgehead atoms. The average molecular weight is 370 g/mol. The van der Waals surface area contributed by atoms with Gasteiger partial charge >= 0.3 is 5.97 Å². The molecule has 0 fully saturated rings. The molecule has 3 rings (SSSR count). The van der Waals surface area contributed by atoms with E-state index in [1.54, 1.807) is 43.3 Å². The highest BCUT2D eigenvalue weighted by Gasteiger charge is 2.17. The number of aromatic nitrogens is 2. The summed E-state index contributed by atoms with van der Waals surface area (Å²) in [4.78, 5) is 28.9. The average Bonchev–Trinajstić information content (AvgIpc) is 2.65. The molecule has 0 saturated carbocycles. The SMILES string of the molecule is Cc1cccc(COc2cccc(-c3nc(C(=O)O)c(O)c(=O)[nH]3)c2)c1F. The van der Waals surface area contributed by atoms with Crippen molar-refractivity contribution in [3.05, 3.63) is 75.5 Å². The van der Waals surface area contributed by atoms with Gasteiger partial charge in [0.25, 0.3) is 5.56 Å². The molecule has 1 aromatic heterocycles. The first-order valence-corrected chi connectivity index (χ1v) is 7.90. The Morgan fingerprint density at radius 1 is 1.26 bits per heavy atom. The minimum Gasteiger partial charge on any atom is -0.501 e. The van der Waals surface area contributed by atoms with Crippen molar-refractivity contribution < 1.29 is 24.1 Å². The van der Waals surface area contributed by atoms with Crippen LogP contribution in [0.3, 0.4) is 0 Å². The van der Waals surface area contributed by atoms with Crippen molar-refractivity contribution in [3.8, 4) is 22.9 Å². The number of rotatable bonds is 5. The summed E-state index contributed by atoms with van der Waals surface area (Å²) >= 11 is 0. The van der Waals surface area contributed by atoms with Gasteiger partial charge in [0.15, 0.2) is 5.69 Å². The zero-order valence-electron chi connectivity index (χ0n) is 14.2. The molecular formula is C19H15FN2O5. The number of benzene rings is 2. The van der Waals surface area contributed by atoms with Crippen LogP contribution < -0.4 is 10.3 Å². The molecule has 0 aliphatic carbocycles. The van der Waals surface area contributed by atoms with Gasteiger partial charge < -0.3 is 19.9 Å². The van der Waals surface area contributed by atoms with Gasteiger partial charge in [0.05, 0.1) is 0 Å². The number of carbonyl (C=O) groups is 1. The maximum Gasteiger partial charge on any atom is 0.358 e. The lowest BCUT2D eigenvalue weighted by molar-refractivity contribution is 0.0686. The molecule has 0 unspecified atom stereocenters. The Bertz CT molecular complexity index is 1080. The van der Waals surface area contributed by atoms with Crippen molar-refractivity contribution in [2.75, 3.05) is 0 Å². The first kappa shape index (κ1) is 18.1. The van der Waals surface area contributed by atoms with Crippen molar-refractivity contribution in [1.29, 1.82) is 0 Å². The van der Waals surface area contributed by atoms with Gasteiger partial charge in [-0.15, -0.1) is 0 Å². The number of halogens is 1. The van der Waals surface area contributed by atoms with Crippen LogP contribution in [0.15, 0.2) is 47.3 Å². The van der Waals surface area contributed by atoms with E-state index in [0.29, 0.717) is 22.4 Å². The summed E-state index contributed by atoms with van der Waals surface area (Å²) in [5, 5.41) is 18.5. The van der Waals surface area contributed by atoms with Crippen molar-refractivity contribution in [1.82, 2.24) is 9.97 Å². The van der Waals surface area contributed by atoms with Crippen LogP contribution in [0.4, 0.5) is 4.39 Å². The maximum atomic E-state index is 14.0. The normalized spacial score (nSPS) is 10.6. The number of aryl methyl sites for hydroxylation is 1. The quantitative estimate of drug-likeness (QED) is 0.637. The van der Waals surface area contributed by atoms with E-state index in [-0.39, 0.29) is 18.2 Å². The van der Waals surface area contributed by atoms with Crippen LogP contribution in [-0.2, 0) is 6.61 Å². The van der Waals surface area contributed by atoms with Gasteiger partial charge in [-0.2, -0.15) is 0 Å². The topological polar surface area (TPSA) is 113 Å². The minimum absolute atomic E-state index is 0.00311. The summed E-state index contributed by atoms with van der Waals surface area (Å²) < 4.78 is 19.6. The Kier molecular flexibility index (Phi) is 4.89. The fraction of sp³-hybridized carbons (Fsp3) is 0.105. The lowest BCUT2D eigenvalue weighted by atomic mass is 10.1. The molecule has 138 valence electrons. The lowest BCUT2D eigenvalue weighted by Crippen LogP contribution is -2.15. The van der Waals surface area contributed by atoms with Gasteiger partial charge in [0.1, 0.15) is 24.0 Å². The van der Waals surface area contributed by atoms with Crippen LogP contribution in [0.2, 0.25) is 0 Å². The molecule has 8 heteroatoms. The first-order chi connectivity index (χ1) is 12.9. The van der Waals surface area contributed by atoms with Crippen LogP contribution >= 0.6 is 0 Å². The highest BCUT2D eigenvalue weighted by atomic mass is 19.1. The second-order valence-electron chi connectivity index (χ2n) is 5.78. The summed E-state index contributed by atoms with van der Waals surface area (Å²) in [5.41, 5.74) is -0.439. The molecule has 0 aliphatic rings. The van der Waals surface area contributed by atoms with Crippen LogP contribution in [0.5, 0.6) is 11.5 Å². The zero-order chi connectivity index (χ0) is 19.6. The number of H-pyrrole nitrogens is 1. The third kappa shape index (κ3) is 3.79. The number of ether oxygens (including phenoxy) is 1. The Hall–Kier alpha value is -3.68. The molecule has 3 aromatic rings. The van der Waals surface area contributed by atoms with Crippen molar-refractivity contribution in [2.45, 2.75) is 13.5 Å². The maximum absolute atomic E-state index is 14.0. The van der Waals surface area contributed by atoms with Crippen molar-refractivity contribution in [3.63, 3.8) is 0 Å². The first-order valence-electron chi connectivity index (χ1n) is 7.90. The van der Waals surface area contributed by atoms with Crippen LogP contribution in [0, 0.1) is 12.7 Å². The number of nitrogens with one attached hydrogen (secondary N) is 1. The smallest absolute Gasteiger partial charge is 0.358 e. The Labute approximate surface area is 152 Å². The van der Waals surface area contributed by atoms with E-state index in [4.69, 9.17) is 9.84 Å². The van der Waals surface area contributed by atoms with Gasteiger partial charge in [-0.25, -0.2) is 14.2 Å². The van der Waals surface area contributed by atoms with E-state index < -0.39 is 23.0 Å². The molecule has 0 amide bonds. The molecule has 3 N–H and O–H groups in total. The Morgan fingerprint density at radius 2 is 2.00 bits per heavy atom. The molecule has 1 heterocycles. The molecule has 0 aliphatic heterocycles. The zero-order valence-corrected chi connectivity index (χ0v) is 14.2. The van der Waals surface area contributed by atoms with Gasteiger partial charge in [-0.05, 0) is 24.6 Å². The monoisotopic (exact) mass is 370 g/mol. The van der Waals surface area contributed by atoms with Crippen LogP contribution in [-0.4, -0.2) is 26.2 Å². The number of aromatic hydroxyl groups is 1. The highest BCUT2D eigenvalue weighted by molar-refractivity contribution is 5.88. The van der Waals surface area contributed by atoms with Gasteiger partial charge in [-0.1, -0.05) is 30.3 Å². The molecule has 0 atom stereocenters. The molecule has 0 spiro atoms. The minimum atomic E-state index is -1.53. The Morgan fingerprint density at radius 3 is 2.74 bits per heavy atom. The number of nitrogens with zero attached hydrogens (tertiary/aromatic N) is 1. The third-order valence-electron chi connectivity index (χ3n) is 3.87. The summed E-state index contributed by atoms with van der Waals surface area (Å²) in [7, 11) is 0. The predicted octanol–water partition coefficient (Wildman–Crippen LogP) is 2.87. The largest absolute Gasteiger partial charge is 0.501 e. The fourth-order valence-electron chi connectivity index (χ4n) is 2.47. The highest BCUT2D eigenvalue weighted by Crippen LogP contribution is 2.23. The standard InChI is InChI=1S/C19H15FN2O5/c1-10-4-2-6-12(14(10)20)9-27-13-7-3-5-11(8-13)17-21-15(19(25)26)16(23)18(24)22-17/h2-8,23H,9H2,1H3,(H,25,26)(H,21,22,24). The summed E-state index contributed by atoms with van der Waals surface area (Å²) in [5.74, 6) is -2.50. The number of aromatic carboxylic acids is 1. The van der Waals surface area contributed by atoms with Gasteiger partial charge in [0.2, 0.25) is 5.75 Å². The summed E-state index contributed by atoms with van der Waals surface area (Å²) in [6.45, 7) is 1.66.